The van der Waals surface area contributed by atoms with E-state index in [1.165, 1.54) is 0 Å². The van der Waals surface area contributed by atoms with Crippen molar-refractivity contribution in [2.24, 2.45) is 0 Å². The Bertz CT molecular complexity index is 740. The SMILES string of the molecule is O=C(O)c1cnc(Cl)nc1Nc1cc([N+](=O)[O-])ccc1F. The van der Waals surface area contributed by atoms with Gasteiger partial charge in [0.05, 0.1) is 10.6 Å². The predicted molar refractivity (Wildman–Crippen MR) is 70.3 cm³/mol. The van der Waals surface area contributed by atoms with E-state index in [1.54, 1.807) is 0 Å². The van der Waals surface area contributed by atoms with Crippen LogP contribution in [0.3, 0.4) is 0 Å². The maximum atomic E-state index is 13.6. The highest BCUT2D eigenvalue weighted by Gasteiger charge is 2.17. The first kappa shape index (κ1) is 14.6. The van der Waals surface area contributed by atoms with Crippen molar-refractivity contribution in [1.82, 2.24) is 9.97 Å². The molecule has 0 aliphatic rings. The summed E-state index contributed by atoms with van der Waals surface area (Å²) >= 11 is 5.55. The standard InChI is InChI=1S/C11H6ClFN4O4/c12-11-14-4-6(10(18)19)9(16-11)15-8-3-5(17(20)21)1-2-7(8)13/h1-4H,(H,18,19)(H,14,15,16). The fraction of sp³-hybridized carbons (Fsp3) is 0. The van der Waals surface area contributed by atoms with Crippen molar-refractivity contribution in [3.05, 3.63) is 51.2 Å². The van der Waals surface area contributed by atoms with E-state index in [1.807, 2.05) is 0 Å². The number of non-ortho nitro benzene ring substituents is 1. The van der Waals surface area contributed by atoms with E-state index < -0.39 is 16.7 Å². The van der Waals surface area contributed by atoms with Gasteiger partial charge in [-0.1, -0.05) is 0 Å². The summed E-state index contributed by atoms with van der Waals surface area (Å²) in [4.78, 5) is 28.1. The Morgan fingerprint density at radius 3 is 2.81 bits per heavy atom. The summed E-state index contributed by atoms with van der Waals surface area (Å²) in [5.41, 5.74) is -1.03. The molecule has 0 aliphatic heterocycles. The van der Waals surface area contributed by atoms with Crippen molar-refractivity contribution < 1.29 is 19.2 Å². The zero-order valence-electron chi connectivity index (χ0n) is 10.1. The van der Waals surface area contributed by atoms with Crippen LogP contribution in [-0.2, 0) is 0 Å². The summed E-state index contributed by atoms with van der Waals surface area (Å²) in [5.74, 6) is -2.45. The Morgan fingerprint density at radius 2 is 2.19 bits per heavy atom. The molecule has 1 heterocycles. The van der Waals surface area contributed by atoms with Crippen LogP contribution in [0.4, 0.5) is 21.6 Å². The van der Waals surface area contributed by atoms with E-state index in [0.29, 0.717) is 0 Å². The van der Waals surface area contributed by atoms with Gasteiger partial charge in [0.15, 0.2) is 0 Å². The number of carbonyl (C=O) groups is 1. The first-order valence-electron chi connectivity index (χ1n) is 5.35. The van der Waals surface area contributed by atoms with Crippen LogP contribution in [-0.4, -0.2) is 26.0 Å². The van der Waals surface area contributed by atoms with Crippen molar-refractivity contribution in [3.8, 4) is 0 Å². The maximum absolute atomic E-state index is 13.6. The molecule has 10 heteroatoms. The number of aromatic carboxylic acids is 1. The molecule has 0 aliphatic carbocycles. The van der Waals surface area contributed by atoms with Crippen LogP contribution in [0, 0.1) is 15.9 Å². The molecule has 0 spiro atoms. The number of carboxylic acids is 1. The number of carboxylic acid groups (broad SMARTS) is 1. The third kappa shape index (κ3) is 3.20. The molecule has 2 rings (SSSR count). The van der Waals surface area contributed by atoms with Gasteiger partial charge in [-0.2, -0.15) is 4.98 Å². The van der Waals surface area contributed by atoms with Crippen LogP contribution in [0.25, 0.3) is 0 Å². The van der Waals surface area contributed by atoms with Crippen molar-refractivity contribution in [1.29, 1.82) is 0 Å². The summed E-state index contributed by atoms with van der Waals surface area (Å²) in [6.45, 7) is 0. The molecule has 108 valence electrons. The normalized spacial score (nSPS) is 10.2. The maximum Gasteiger partial charge on any atom is 0.341 e. The zero-order valence-corrected chi connectivity index (χ0v) is 10.8. The molecule has 1 aromatic heterocycles. The molecule has 2 aromatic rings. The molecule has 0 fully saturated rings. The van der Waals surface area contributed by atoms with E-state index >= 15 is 0 Å². The summed E-state index contributed by atoms with van der Waals surface area (Å²) in [5, 5.41) is 21.7. The van der Waals surface area contributed by atoms with Gasteiger partial charge in [0.2, 0.25) is 5.28 Å². The number of halogens is 2. The van der Waals surface area contributed by atoms with Gasteiger partial charge in [-0.05, 0) is 17.7 Å². The minimum absolute atomic E-state index is 0.256. The highest BCUT2D eigenvalue weighted by molar-refractivity contribution is 6.28. The smallest absolute Gasteiger partial charge is 0.341 e. The summed E-state index contributed by atoms with van der Waals surface area (Å²) in [7, 11) is 0. The molecule has 0 bridgehead atoms. The van der Waals surface area contributed by atoms with Crippen LogP contribution < -0.4 is 5.32 Å². The number of anilines is 2. The average Bonchev–Trinajstić information content (AvgIpc) is 2.40. The van der Waals surface area contributed by atoms with Gasteiger partial charge in [-0.15, -0.1) is 0 Å². The van der Waals surface area contributed by atoms with E-state index in [-0.39, 0.29) is 28.0 Å². The molecular formula is C11H6ClFN4O4. The lowest BCUT2D eigenvalue weighted by Crippen LogP contribution is -2.07. The molecule has 2 N–H and O–H groups in total. The van der Waals surface area contributed by atoms with Gasteiger partial charge in [-0.25, -0.2) is 14.2 Å². The van der Waals surface area contributed by atoms with Crippen LogP contribution in [0.2, 0.25) is 5.28 Å². The first-order chi connectivity index (χ1) is 9.88. The van der Waals surface area contributed by atoms with Crippen LogP contribution in [0.5, 0.6) is 0 Å². The third-order valence-electron chi connectivity index (χ3n) is 2.40. The number of hydrogen-bond acceptors (Lipinski definition) is 6. The van der Waals surface area contributed by atoms with Gasteiger partial charge in [0.1, 0.15) is 17.2 Å². The van der Waals surface area contributed by atoms with Gasteiger partial charge in [0.25, 0.3) is 5.69 Å². The number of benzene rings is 1. The minimum atomic E-state index is -1.36. The van der Waals surface area contributed by atoms with Crippen molar-refractivity contribution in [2.75, 3.05) is 5.32 Å². The molecule has 0 atom stereocenters. The fourth-order valence-corrected chi connectivity index (χ4v) is 1.60. The van der Waals surface area contributed by atoms with Gasteiger partial charge >= 0.3 is 5.97 Å². The molecule has 0 amide bonds. The van der Waals surface area contributed by atoms with E-state index in [4.69, 9.17) is 16.7 Å². The predicted octanol–water partition coefficient (Wildman–Crippen LogP) is 2.62. The Hall–Kier alpha value is -2.81. The number of nitrogens with one attached hydrogen (secondary N) is 1. The minimum Gasteiger partial charge on any atom is -0.477 e. The molecule has 0 unspecified atom stereocenters. The molecule has 0 saturated carbocycles. The molecular weight excluding hydrogens is 307 g/mol. The van der Waals surface area contributed by atoms with Gasteiger partial charge in [0, 0.05) is 18.3 Å². The third-order valence-corrected chi connectivity index (χ3v) is 2.59. The molecule has 0 radical (unpaired) electrons. The number of nitro groups is 1. The monoisotopic (exact) mass is 312 g/mol. The van der Waals surface area contributed by atoms with Crippen molar-refractivity contribution >= 4 is 34.8 Å². The lowest BCUT2D eigenvalue weighted by molar-refractivity contribution is -0.384. The van der Waals surface area contributed by atoms with Crippen molar-refractivity contribution in [2.45, 2.75) is 0 Å². The topological polar surface area (TPSA) is 118 Å². The first-order valence-corrected chi connectivity index (χ1v) is 5.73. The second-order valence-corrected chi connectivity index (χ2v) is 4.09. The number of nitro benzene ring substituents is 1. The highest BCUT2D eigenvalue weighted by Crippen LogP contribution is 2.26. The number of rotatable bonds is 4. The second-order valence-electron chi connectivity index (χ2n) is 3.75. The molecule has 0 saturated heterocycles. The van der Waals surface area contributed by atoms with Crippen LogP contribution in [0.1, 0.15) is 10.4 Å². The quantitative estimate of drug-likeness (QED) is 0.506. The molecule has 21 heavy (non-hydrogen) atoms. The van der Waals surface area contributed by atoms with Crippen molar-refractivity contribution in [3.63, 3.8) is 0 Å². The Labute approximate surface area is 121 Å². The summed E-state index contributed by atoms with van der Waals surface area (Å²) < 4.78 is 13.6. The Kier molecular flexibility index (Phi) is 3.94. The van der Waals surface area contributed by atoms with E-state index in [2.05, 4.69) is 15.3 Å². The van der Waals surface area contributed by atoms with Crippen LogP contribution in [0.15, 0.2) is 24.4 Å². The zero-order chi connectivity index (χ0) is 15.6. The summed E-state index contributed by atoms with van der Waals surface area (Å²) in [6, 6.07) is 2.77. The largest absolute Gasteiger partial charge is 0.477 e. The lowest BCUT2D eigenvalue weighted by atomic mass is 10.2. The lowest BCUT2D eigenvalue weighted by Gasteiger charge is -2.09. The highest BCUT2D eigenvalue weighted by atomic mass is 35.5. The number of aromatic nitrogens is 2. The average molecular weight is 313 g/mol. The molecule has 1 aromatic carbocycles. The fourth-order valence-electron chi connectivity index (χ4n) is 1.46. The number of hydrogen-bond donors (Lipinski definition) is 2. The van der Waals surface area contributed by atoms with Gasteiger partial charge < -0.3 is 10.4 Å². The van der Waals surface area contributed by atoms with E-state index in [9.17, 15) is 19.3 Å². The van der Waals surface area contributed by atoms with Gasteiger partial charge in [-0.3, -0.25) is 10.1 Å². The number of nitrogens with zero attached hydrogens (tertiary/aromatic N) is 3. The summed E-state index contributed by atoms with van der Waals surface area (Å²) in [6.07, 6.45) is 0.940. The Morgan fingerprint density at radius 1 is 1.48 bits per heavy atom. The molecule has 8 nitrogen and oxygen atoms in total. The van der Waals surface area contributed by atoms with E-state index in [0.717, 1.165) is 24.4 Å². The van der Waals surface area contributed by atoms with Crippen LogP contribution >= 0.6 is 11.6 Å². The second kappa shape index (κ2) is 5.67. The Balaban J connectivity index is 2.47.